The molecule has 0 saturated heterocycles. The minimum absolute atomic E-state index is 0.880. The van der Waals surface area contributed by atoms with Gasteiger partial charge in [-0.15, -0.1) is 0 Å². The lowest BCUT2D eigenvalue weighted by Gasteiger charge is -2.06. The van der Waals surface area contributed by atoms with Crippen LogP contribution in [0.1, 0.15) is 0 Å². The molecule has 2 heterocycles. The summed E-state index contributed by atoms with van der Waals surface area (Å²) in [7, 11) is 0. The van der Waals surface area contributed by atoms with Crippen LogP contribution in [0, 0.1) is 0 Å². The predicted octanol–water partition coefficient (Wildman–Crippen LogP) is 0.232. The molecular weight excluding hydrogens is 128 g/mol. The van der Waals surface area contributed by atoms with Gasteiger partial charge in [-0.1, -0.05) is 0 Å². The second-order valence-electron chi connectivity index (χ2n) is 1.92. The van der Waals surface area contributed by atoms with Crippen LogP contribution in [0.3, 0.4) is 0 Å². The summed E-state index contributed by atoms with van der Waals surface area (Å²) in [6.45, 7) is 0. The highest BCUT2D eigenvalue weighted by molar-refractivity contribution is 5.74. The lowest BCUT2D eigenvalue weighted by Crippen LogP contribution is -2.13. The number of aliphatic imine (C=N–C) groups is 1. The Balaban J connectivity index is 2.35. The molecule has 0 atom stereocenters. The molecule has 2 rings (SSSR count). The van der Waals surface area contributed by atoms with Gasteiger partial charge in [-0.3, -0.25) is 15.3 Å². The molecule has 0 aliphatic carbocycles. The number of nitrogens with one attached hydrogen (secondary N) is 1. The third kappa shape index (κ3) is 0.699. The standard InChI is InChI=1S/C6H6N4/c1-2-7-4-6-9-8-5-10(6)3-1/h1-5,9H. The highest BCUT2D eigenvalue weighted by Crippen LogP contribution is 2.05. The van der Waals surface area contributed by atoms with Crippen LogP contribution in [0.25, 0.3) is 0 Å². The van der Waals surface area contributed by atoms with Crippen molar-refractivity contribution in [3.05, 3.63) is 24.3 Å². The Morgan fingerprint density at radius 1 is 1.50 bits per heavy atom. The van der Waals surface area contributed by atoms with Gasteiger partial charge in [0.1, 0.15) is 6.34 Å². The lowest BCUT2D eigenvalue weighted by molar-refractivity contribution is 0.676. The molecule has 2 aliphatic heterocycles. The second-order valence-corrected chi connectivity index (χ2v) is 1.92. The molecule has 50 valence electrons. The Kier molecular flexibility index (Phi) is 1.04. The second kappa shape index (κ2) is 1.98. The summed E-state index contributed by atoms with van der Waals surface area (Å²) in [6, 6.07) is 0. The highest BCUT2D eigenvalue weighted by atomic mass is 15.5. The van der Waals surface area contributed by atoms with Crippen LogP contribution in [-0.2, 0) is 0 Å². The summed E-state index contributed by atoms with van der Waals surface area (Å²) in [5.41, 5.74) is 2.79. The van der Waals surface area contributed by atoms with Crippen molar-refractivity contribution >= 4 is 12.6 Å². The van der Waals surface area contributed by atoms with E-state index in [1.807, 2.05) is 17.2 Å². The van der Waals surface area contributed by atoms with Gasteiger partial charge in [0.25, 0.3) is 0 Å². The van der Waals surface area contributed by atoms with E-state index in [2.05, 4.69) is 15.5 Å². The molecular formula is C6H6N4. The SMILES string of the molecule is C1=CN2C=NNC2=CN=C1. The topological polar surface area (TPSA) is 40.0 Å². The largest absolute Gasteiger partial charge is 0.290 e. The van der Waals surface area contributed by atoms with Gasteiger partial charge in [-0.25, -0.2) is 0 Å². The van der Waals surface area contributed by atoms with Crippen molar-refractivity contribution in [2.75, 3.05) is 0 Å². The molecule has 0 unspecified atom stereocenters. The van der Waals surface area contributed by atoms with Crippen molar-refractivity contribution in [3.8, 4) is 0 Å². The van der Waals surface area contributed by atoms with E-state index in [4.69, 9.17) is 0 Å². The van der Waals surface area contributed by atoms with E-state index in [9.17, 15) is 0 Å². The maximum absolute atomic E-state index is 3.96. The number of rotatable bonds is 0. The summed E-state index contributed by atoms with van der Waals surface area (Å²) < 4.78 is 0. The Morgan fingerprint density at radius 2 is 2.50 bits per heavy atom. The monoisotopic (exact) mass is 134 g/mol. The summed E-state index contributed by atoms with van der Waals surface area (Å²) in [5, 5.41) is 3.83. The molecule has 0 fully saturated rings. The van der Waals surface area contributed by atoms with Crippen LogP contribution in [0.5, 0.6) is 0 Å². The zero-order valence-electron chi connectivity index (χ0n) is 5.23. The van der Waals surface area contributed by atoms with Gasteiger partial charge in [0.15, 0.2) is 5.82 Å². The van der Waals surface area contributed by atoms with Crippen LogP contribution < -0.4 is 5.43 Å². The van der Waals surface area contributed by atoms with Gasteiger partial charge in [0, 0.05) is 12.4 Å². The van der Waals surface area contributed by atoms with Crippen LogP contribution in [-0.4, -0.2) is 17.5 Å². The van der Waals surface area contributed by atoms with Gasteiger partial charge in [-0.05, 0) is 6.08 Å². The lowest BCUT2D eigenvalue weighted by atomic mass is 10.6. The molecule has 0 amide bonds. The molecule has 0 bridgehead atoms. The van der Waals surface area contributed by atoms with Gasteiger partial charge >= 0.3 is 0 Å². The Hall–Kier alpha value is -1.58. The maximum Gasteiger partial charge on any atom is 0.150 e. The molecule has 0 aromatic rings. The number of hydrogen-bond acceptors (Lipinski definition) is 4. The first-order chi connectivity index (χ1) is 4.97. The number of hydrogen-bond donors (Lipinski definition) is 1. The first kappa shape index (κ1) is 5.22. The summed E-state index contributed by atoms with van der Waals surface area (Å²) in [6.07, 6.45) is 8.86. The minimum Gasteiger partial charge on any atom is -0.290 e. The molecule has 0 aromatic carbocycles. The number of hydrazone groups is 1. The third-order valence-electron chi connectivity index (χ3n) is 1.26. The van der Waals surface area contributed by atoms with Gasteiger partial charge < -0.3 is 0 Å². The normalized spacial score (nSPS) is 20.0. The average molecular weight is 134 g/mol. The zero-order valence-corrected chi connectivity index (χ0v) is 5.23. The maximum atomic E-state index is 3.96. The van der Waals surface area contributed by atoms with Gasteiger partial charge in [-0.2, -0.15) is 5.10 Å². The Morgan fingerprint density at radius 3 is 3.50 bits per heavy atom. The minimum atomic E-state index is 0.880. The van der Waals surface area contributed by atoms with Gasteiger partial charge in [0.2, 0.25) is 0 Å². The predicted molar refractivity (Wildman–Crippen MR) is 39.2 cm³/mol. The summed E-state index contributed by atoms with van der Waals surface area (Å²) in [4.78, 5) is 5.81. The fourth-order valence-electron chi connectivity index (χ4n) is 0.786. The van der Waals surface area contributed by atoms with Crippen LogP contribution in [0.2, 0.25) is 0 Å². The fourth-order valence-corrected chi connectivity index (χ4v) is 0.786. The average Bonchev–Trinajstić information content (AvgIpc) is 2.28. The molecule has 2 aliphatic rings. The van der Waals surface area contributed by atoms with E-state index in [0.717, 1.165) is 5.82 Å². The smallest absolute Gasteiger partial charge is 0.150 e. The van der Waals surface area contributed by atoms with Crippen molar-refractivity contribution in [1.82, 2.24) is 10.3 Å². The molecule has 0 radical (unpaired) electrons. The van der Waals surface area contributed by atoms with Crippen molar-refractivity contribution in [1.29, 1.82) is 0 Å². The van der Waals surface area contributed by atoms with E-state index in [1.165, 1.54) is 0 Å². The first-order valence-electron chi connectivity index (χ1n) is 2.94. The highest BCUT2D eigenvalue weighted by Gasteiger charge is 2.08. The summed E-state index contributed by atoms with van der Waals surface area (Å²) in [5.74, 6) is 0.880. The molecule has 1 N–H and O–H groups in total. The molecule has 0 spiro atoms. The Bertz CT molecular complexity index is 248. The molecule has 10 heavy (non-hydrogen) atoms. The van der Waals surface area contributed by atoms with Crippen molar-refractivity contribution in [3.63, 3.8) is 0 Å². The number of fused-ring (bicyclic) bond motifs is 1. The third-order valence-corrected chi connectivity index (χ3v) is 1.26. The number of nitrogens with zero attached hydrogens (tertiary/aromatic N) is 3. The van der Waals surface area contributed by atoms with E-state index in [0.29, 0.717) is 0 Å². The zero-order chi connectivity index (χ0) is 6.81. The van der Waals surface area contributed by atoms with Crippen molar-refractivity contribution in [2.24, 2.45) is 10.1 Å². The Labute approximate surface area is 58.2 Å². The first-order valence-corrected chi connectivity index (χ1v) is 2.94. The van der Waals surface area contributed by atoms with E-state index in [-0.39, 0.29) is 0 Å². The molecule has 0 aromatic heterocycles. The fraction of sp³-hybridized carbons (Fsp3) is 0. The molecule has 4 heteroatoms. The van der Waals surface area contributed by atoms with Crippen molar-refractivity contribution < 1.29 is 0 Å². The quantitative estimate of drug-likeness (QED) is 0.515. The van der Waals surface area contributed by atoms with Crippen LogP contribution in [0.4, 0.5) is 0 Å². The molecule has 4 nitrogen and oxygen atoms in total. The molecule has 0 saturated carbocycles. The van der Waals surface area contributed by atoms with E-state index < -0.39 is 0 Å². The number of allylic oxidation sites excluding steroid dienone is 1. The van der Waals surface area contributed by atoms with Crippen LogP contribution in [0.15, 0.2) is 34.4 Å². The van der Waals surface area contributed by atoms with Crippen LogP contribution >= 0.6 is 0 Å². The van der Waals surface area contributed by atoms with E-state index >= 15 is 0 Å². The summed E-state index contributed by atoms with van der Waals surface area (Å²) >= 11 is 0. The van der Waals surface area contributed by atoms with E-state index in [1.54, 1.807) is 18.8 Å². The van der Waals surface area contributed by atoms with Gasteiger partial charge in [0.05, 0.1) is 6.20 Å². The van der Waals surface area contributed by atoms with Crippen molar-refractivity contribution in [2.45, 2.75) is 0 Å².